The van der Waals surface area contributed by atoms with Gasteiger partial charge in [0.2, 0.25) is 0 Å². The zero-order chi connectivity index (χ0) is 17.5. The maximum Gasteiger partial charge on any atom is 0.291 e. The quantitative estimate of drug-likeness (QED) is 0.572. The number of rotatable bonds is 5. The Hall–Kier alpha value is -3.61. The van der Waals surface area contributed by atoms with Crippen LogP contribution < -0.4 is 10.2 Å². The summed E-state index contributed by atoms with van der Waals surface area (Å²) in [6.07, 6.45) is 7.79. The maximum atomic E-state index is 12.2. The monoisotopic (exact) mass is 333 g/mol. The first-order valence-electron chi connectivity index (χ1n) is 7.46. The largest absolute Gasteiger partial charge is 0.497 e. The fraction of sp³-hybridized carbons (Fsp3) is 0.0556. The van der Waals surface area contributed by atoms with Crippen LogP contribution in [0, 0.1) is 0 Å². The Morgan fingerprint density at radius 1 is 1.12 bits per heavy atom. The van der Waals surface area contributed by atoms with Crippen molar-refractivity contribution < 1.29 is 9.53 Å². The molecule has 0 saturated heterocycles. The smallest absolute Gasteiger partial charge is 0.291 e. The lowest BCUT2D eigenvalue weighted by molar-refractivity contribution is 0.0950. The van der Waals surface area contributed by atoms with E-state index in [1.165, 1.54) is 12.4 Å². The van der Waals surface area contributed by atoms with Crippen molar-refractivity contribution >= 4 is 12.1 Å². The number of aromatic nitrogens is 3. The lowest BCUT2D eigenvalue weighted by atomic mass is 10.1. The number of carbonyl (C=O) groups excluding carboxylic acids is 1. The summed E-state index contributed by atoms with van der Waals surface area (Å²) >= 11 is 0. The van der Waals surface area contributed by atoms with Crippen molar-refractivity contribution in [1.82, 2.24) is 20.4 Å². The molecular formula is C18H15N5O2. The van der Waals surface area contributed by atoms with Gasteiger partial charge in [-0.2, -0.15) is 5.10 Å². The molecule has 0 fully saturated rings. The normalized spacial score (nSPS) is 10.6. The van der Waals surface area contributed by atoms with E-state index in [0.717, 1.165) is 16.9 Å². The first-order chi connectivity index (χ1) is 12.3. The molecule has 0 aliphatic rings. The van der Waals surface area contributed by atoms with Gasteiger partial charge in [-0.05, 0) is 30.3 Å². The third-order valence-corrected chi connectivity index (χ3v) is 3.32. The van der Waals surface area contributed by atoms with Crippen LogP contribution in [-0.2, 0) is 0 Å². The number of methoxy groups -OCH3 is 1. The molecule has 25 heavy (non-hydrogen) atoms. The van der Waals surface area contributed by atoms with Gasteiger partial charge in [0.1, 0.15) is 11.4 Å². The second-order valence-corrected chi connectivity index (χ2v) is 5.00. The SMILES string of the molecule is COc1ccc(-c2cncc(C(=O)NN=Cc3cccnc3)n2)cc1. The van der Waals surface area contributed by atoms with E-state index in [-0.39, 0.29) is 5.69 Å². The zero-order valence-electron chi connectivity index (χ0n) is 13.5. The van der Waals surface area contributed by atoms with Crippen LogP contribution >= 0.6 is 0 Å². The van der Waals surface area contributed by atoms with E-state index in [1.54, 1.807) is 31.8 Å². The summed E-state index contributed by atoms with van der Waals surface area (Å²) in [6.45, 7) is 0. The van der Waals surface area contributed by atoms with Gasteiger partial charge < -0.3 is 4.74 Å². The van der Waals surface area contributed by atoms with E-state index in [0.29, 0.717) is 5.69 Å². The first kappa shape index (κ1) is 16.3. The van der Waals surface area contributed by atoms with Gasteiger partial charge in [-0.1, -0.05) is 6.07 Å². The van der Waals surface area contributed by atoms with Gasteiger partial charge in [0.05, 0.1) is 31.4 Å². The molecule has 0 aliphatic heterocycles. The van der Waals surface area contributed by atoms with E-state index < -0.39 is 5.91 Å². The highest BCUT2D eigenvalue weighted by Gasteiger charge is 2.09. The van der Waals surface area contributed by atoms with Crippen molar-refractivity contribution in [3.05, 3.63) is 72.4 Å². The first-order valence-corrected chi connectivity index (χ1v) is 7.46. The Balaban J connectivity index is 1.72. The second kappa shape index (κ2) is 7.78. The highest BCUT2D eigenvalue weighted by Crippen LogP contribution is 2.20. The molecule has 124 valence electrons. The molecule has 0 aliphatic carbocycles. The van der Waals surface area contributed by atoms with Crippen LogP contribution in [0.25, 0.3) is 11.3 Å². The van der Waals surface area contributed by atoms with Gasteiger partial charge in [-0.15, -0.1) is 0 Å². The Kier molecular flexibility index (Phi) is 5.06. The van der Waals surface area contributed by atoms with Crippen molar-refractivity contribution in [2.75, 3.05) is 7.11 Å². The summed E-state index contributed by atoms with van der Waals surface area (Å²) in [4.78, 5) is 24.5. The topological polar surface area (TPSA) is 89.4 Å². The number of amides is 1. The molecule has 3 aromatic rings. The van der Waals surface area contributed by atoms with Gasteiger partial charge in [0.25, 0.3) is 5.91 Å². The highest BCUT2D eigenvalue weighted by atomic mass is 16.5. The molecule has 7 heteroatoms. The lowest BCUT2D eigenvalue weighted by Crippen LogP contribution is -2.19. The molecule has 0 saturated carbocycles. The fourth-order valence-corrected chi connectivity index (χ4v) is 2.05. The lowest BCUT2D eigenvalue weighted by Gasteiger charge is -2.04. The van der Waals surface area contributed by atoms with Gasteiger partial charge in [0.15, 0.2) is 0 Å². The van der Waals surface area contributed by atoms with E-state index in [1.807, 2.05) is 30.3 Å². The van der Waals surface area contributed by atoms with Crippen LogP contribution in [0.15, 0.2) is 66.3 Å². The number of nitrogens with zero attached hydrogens (tertiary/aromatic N) is 4. The van der Waals surface area contributed by atoms with Crippen LogP contribution in [0.4, 0.5) is 0 Å². The molecule has 0 atom stereocenters. The van der Waals surface area contributed by atoms with Crippen molar-refractivity contribution in [1.29, 1.82) is 0 Å². The summed E-state index contributed by atoms with van der Waals surface area (Å²) in [5.74, 6) is 0.304. The Labute approximate surface area is 144 Å². The third-order valence-electron chi connectivity index (χ3n) is 3.32. The number of hydrogen-bond acceptors (Lipinski definition) is 6. The number of nitrogens with one attached hydrogen (secondary N) is 1. The third kappa shape index (κ3) is 4.23. The molecule has 7 nitrogen and oxygen atoms in total. The Morgan fingerprint density at radius 3 is 2.68 bits per heavy atom. The summed E-state index contributed by atoms with van der Waals surface area (Å²) in [5.41, 5.74) is 4.81. The summed E-state index contributed by atoms with van der Waals surface area (Å²) in [5, 5.41) is 3.89. The van der Waals surface area contributed by atoms with Crippen LogP contribution in [0.3, 0.4) is 0 Å². The van der Waals surface area contributed by atoms with Crippen LogP contribution in [0.5, 0.6) is 5.75 Å². The predicted octanol–water partition coefficient (Wildman–Crippen LogP) is 2.31. The maximum absolute atomic E-state index is 12.2. The van der Waals surface area contributed by atoms with Gasteiger partial charge in [0, 0.05) is 23.5 Å². The summed E-state index contributed by atoms with van der Waals surface area (Å²) in [6, 6.07) is 11.0. The van der Waals surface area contributed by atoms with E-state index >= 15 is 0 Å². The number of hydrazone groups is 1. The van der Waals surface area contributed by atoms with Crippen molar-refractivity contribution in [2.24, 2.45) is 5.10 Å². The molecular weight excluding hydrogens is 318 g/mol. The molecule has 2 aromatic heterocycles. The highest BCUT2D eigenvalue weighted by molar-refractivity contribution is 5.93. The van der Waals surface area contributed by atoms with E-state index in [4.69, 9.17) is 4.74 Å². The Morgan fingerprint density at radius 2 is 1.96 bits per heavy atom. The van der Waals surface area contributed by atoms with Crippen molar-refractivity contribution in [2.45, 2.75) is 0 Å². The molecule has 0 bridgehead atoms. The fourth-order valence-electron chi connectivity index (χ4n) is 2.05. The predicted molar refractivity (Wildman–Crippen MR) is 93.3 cm³/mol. The average molecular weight is 333 g/mol. The number of ether oxygens (including phenoxy) is 1. The number of hydrogen-bond donors (Lipinski definition) is 1. The molecule has 1 aromatic carbocycles. The minimum Gasteiger partial charge on any atom is -0.497 e. The molecule has 1 amide bonds. The minimum absolute atomic E-state index is 0.177. The molecule has 1 N–H and O–H groups in total. The zero-order valence-corrected chi connectivity index (χ0v) is 13.5. The molecule has 0 spiro atoms. The minimum atomic E-state index is -0.442. The van der Waals surface area contributed by atoms with Gasteiger partial charge in [-0.3, -0.25) is 14.8 Å². The van der Waals surface area contributed by atoms with Gasteiger partial charge >= 0.3 is 0 Å². The Bertz CT molecular complexity index is 879. The van der Waals surface area contributed by atoms with Crippen molar-refractivity contribution in [3.8, 4) is 17.0 Å². The molecule has 2 heterocycles. The number of carbonyl (C=O) groups is 1. The van der Waals surface area contributed by atoms with Crippen molar-refractivity contribution in [3.63, 3.8) is 0 Å². The van der Waals surface area contributed by atoms with Gasteiger partial charge in [-0.25, -0.2) is 10.4 Å². The molecule has 3 rings (SSSR count). The second-order valence-electron chi connectivity index (χ2n) is 5.00. The molecule has 0 unspecified atom stereocenters. The number of pyridine rings is 1. The number of benzene rings is 1. The summed E-state index contributed by atoms with van der Waals surface area (Å²) in [7, 11) is 1.60. The van der Waals surface area contributed by atoms with Crippen LogP contribution in [0.2, 0.25) is 0 Å². The van der Waals surface area contributed by atoms with E-state index in [9.17, 15) is 4.79 Å². The van der Waals surface area contributed by atoms with Crippen LogP contribution in [0.1, 0.15) is 16.1 Å². The average Bonchev–Trinajstić information content (AvgIpc) is 2.69. The van der Waals surface area contributed by atoms with E-state index in [2.05, 4.69) is 25.5 Å². The molecule has 0 radical (unpaired) electrons. The summed E-state index contributed by atoms with van der Waals surface area (Å²) < 4.78 is 5.13. The standard InChI is InChI=1S/C18H15N5O2/c1-25-15-6-4-14(5-7-15)16-11-20-12-17(22-16)18(24)23-21-10-13-3-2-8-19-9-13/h2-12H,1H3,(H,23,24). The van der Waals surface area contributed by atoms with Crippen LogP contribution in [-0.4, -0.2) is 34.2 Å².